The van der Waals surface area contributed by atoms with Gasteiger partial charge in [-0.15, -0.1) is 0 Å². The molecular formula is C20H22FN9O10P2S3. The number of rotatable bonds is 2. The summed E-state index contributed by atoms with van der Waals surface area (Å²) in [6, 6.07) is 0. The summed E-state index contributed by atoms with van der Waals surface area (Å²) < 4.78 is 82.1. The smallest absolute Gasteiger partial charge is 0.386 e. The maximum atomic E-state index is 16.0. The zero-order valence-corrected chi connectivity index (χ0v) is 26.6. The van der Waals surface area contributed by atoms with E-state index in [1.807, 2.05) is 0 Å². The Balaban J connectivity index is 1.21. The van der Waals surface area contributed by atoms with Crippen LogP contribution in [-0.2, 0) is 36.7 Å². The first kappa shape index (κ1) is 31.3. The van der Waals surface area contributed by atoms with Crippen LogP contribution in [0.5, 0.6) is 0 Å². The van der Waals surface area contributed by atoms with Gasteiger partial charge in [-0.25, -0.2) is 33.5 Å². The highest BCUT2D eigenvalue weighted by molar-refractivity contribution is 8.44. The minimum atomic E-state index is -4.40. The van der Waals surface area contributed by atoms with E-state index in [1.54, 1.807) is 0 Å². The SMILES string of the molecule is Nc1nc2c([C@@H]3O[C@@H]4CO[P@@](=O)(S)O[C@H]5[C@@H](F)[C@H](n6cnc7c(N)ncnc76)O[C@@H]5CO[P@](=O)(S)O[C@@H]3[C@@H]4O)snc2c(=O)[nH]1. The lowest BCUT2D eigenvalue weighted by atomic mass is 10.1. The van der Waals surface area contributed by atoms with Gasteiger partial charge in [0, 0.05) is 0 Å². The Labute approximate surface area is 264 Å². The van der Waals surface area contributed by atoms with Crippen LogP contribution in [-0.4, -0.2) is 88.9 Å². The summed E-state index contributed by atoms with van der Waals surface area (Å²) in [7, 11) is 0. The summed E-state index contributed by atoms with van der Waals surface area (Å²) in [5.41, 5.74) is 11.2. The Hall–Kier alpha value is -2.27. The van der Waals surface area contributed by atoms with Gasteiger partial charge in [0.25, 0.3) is 5.56 Å². The standard InChI is InChI=1S/C20H22FN9O10P2S3/c21-7-12-6(38-19(7)30-4-26-10-16(22)24-3-25-17(10)30)2-36-42(34,44)40-13-11(31)5(1-35-41(33,43)39-12)37-14(13)15-8-9(29-45-15)18(32)28-20(23)27-8/h3-7,11-14,19,31H,1-2H2,(H,33,43)(H,34,44)(H2,22,24,25)(H3,23,27,28,32)/t5-,6-,7-,11-,12-,13-,14-,19-,41-,42+/m1/s1. The fourth-order valence-electron chi connectivity index (χ4n) is 5.21. The fourth-order valence-corrected chi connectivity index (χ4v) is 9.04. The van der Waals surface area contributed by atoms with Crippen LogP contribution in [0.15, 0.2) is 17.4 Å². The summed E-state index contributed by atoms with van der Waals surface area (Å²) in [4.78, 5) is 31.0. The van der Waals surface area contributed by atoms with Crippen molar-refractivity contribution in [2.24, 2.45) is 0 Å². The Morgan fingerprint density at radius 1 is 1.02 bits per heavy atom. The van der Waals surface area contributed by atoms with Crippen molar-refractivity contribution in [2.45, 2.75) is 49.0 Å². The number of ether oxygens (including phenoxy) is 2. The molecule has 4 aromatic rings. The van der Waals surface area contributed by atoms with E-state index in [0.29, 0.717) is 0 Å². The first-order valence-electron chi connectivity index (χ1n) is 12.8. The van der Waals surface area contributed by atoms with Gasteiger partial charge < -0.3 is 26.0 Å². The minimum absolute atomic E-state index is 0.0467. The van der Waals surface area contributed by atoms with Crippen LogP contribution >= 0.6 is 49.6 Å². The van der Waals surface area contributed by atoms with Gasteiger partial charge in [0.1, 0.15) is 54.0 Å². The number of anilines is 2. The molecule has 3 fully saturated rings. The maximum absolute atomic E-state index is 16.0. The molecule has 242 valence electrons. The normalized spacial score (nSPS) is 37.7. The highest BCUT2D eigenvalue weighted by Gasteiger charge is 2.54. The quantitative estimate of drug-likeness (QED) is 0.126. The minimum Gasteiger partial charge on any atom is -0.387 e. The molecule has 3 saturated heterocycles. The summed E-state index contributed by atoms with van der Waals surface area (Å²) >= 11 is 8.86. The molecule has 0 aromatic carbocycles. The number of aliphatic hydroxyl groups is 1. The van der Waals surface area contributed by atoms with Crippen molar-refractivity contribution in [1.82, 2.24) is 33.9 Å². The van der Waals surface area contributed by atoms with E-state index < -0.39 is 81.4 Å². The van der Waals surface area contributed by atoms with Crippen molar-refractivity contribution < 1.29 is 46.2 Å². The largest absolute Gasteiger partial charge is 0.387 e. The van der Waals surface area contributed by atoms with E-state index in [2.05, 4.69) is 53.8 Å². The van der Waals surface area contributed by atoms with E-state index in [4.69, 9.17) is 39.0 Å². The molecule has 3 aliphatic rings. The molecule has 0 unspecified atom stereocenters. The number of imidazole rings is 1. The van der Waals surface area contributed by atoms with Gasteiger partial charge in [0.2, 0.25) is 5.95 Å². The monoisotopic (exact) mass is 725 g/mol. The number of alkyl halides is 1. The molecule has 25 heteroatoms. The Morgan fingerprint density at radius 3 is 2.49 bits per heavy atom. The second kappa shape index (κ2) is 11.5. The predicted molar refractivity (Wildman–Crippen MR) is 159 cm³/mol. The van der Waals surface area contributed by atoms with Crippen LogP contribution in [0.1, 0.15) is 17.2 Å². The number of hydrogen-bond acceptors (Lipinski definition) is 18. The number of nitrogens with one attached hydrogen (secondary N) is 1. The van der Waals surface area contributed by atoms with Crippen molar-refractivity contribution in [2.75, 3.05) is 24.7 Å². The Kier molecular flexibility index (Phi) is 7.98. The lowest BCUT2D eigenvalue weighted by Gasteiger charge is -2.25. The first-order valence-corrected chi connectivity index (χ1v) is 19.0. The average Bonchev–Trinajstić information content (AvgIpc) is 3.72. The van der Waals surface area contributed by atoms with Crippen molar-refractivity contribution in [3.8, 4) is 0 Å². The van der Waals surface area contributed by atoms with Crippen molar-refractivity contribution in [1.29, 1.82) is 0 Å². The lowest BCUT2D eigenvalue weighted by molar-refractivity contribution is -0.0453. The van der Waals surface area contributed by atoms with Gasteiger partial charge in [0.05, 0.1) is 24.4 Å². The molecule has 6 N–H and O–H groups in total. The van der Waals surface area contributed by atoms with Crippen molar-refractivity contribution >= 4 is 83.6 Å². The number of H-pyrrole nitrogens is 1. The fraction of sp³-hybridized carbons (Fsp3) is 0.500. The predicted octanol–water partition coefficient (Wildman–Crippen LogP) is 1.31. The number of thiol groups is 2. The van der Waals surface area contributed by atoms with Gasteiger partial charge in [0.15, 0.2) is 29.4 Å². The molecule has 0 saturated carbocycles. The highest BCUT2D eigenvalue weighted by atomic mass is 32.7. The molecule has 45 heavy (non-hydrogen) atoms. The third-order valence-corrected chi connectivity index (χ3v) is 11.3. The number of fused-ring (bicyclic) bond motifs is 5. The zero-order valence-electron chi connectivity index (χ0n) is 22.2. The molecule has 2 bridgehead atoms. The molecule has 7 heterocycles. The maximum Gasteiger partial charge on any atom is 0.386 e. The summed E-state index contributed by atoms with van der Waals surface area (Å²) in [5.74, 6) is -0.163. The number of nitrogen functional groups attached to an aromatic ring is 2. The first-order chi connectivity index (χ1) is 21.3. The number of aliphatic hydroxyl groups excluding tert-OH is 1. The summed E-state index contributed by atoms with van der Waals surface area (Å²) in [5, 5.41) is 11.1. The molecule has 3 aliphatic heterocycles. The van der Waals surface area contributed by atoms with Crippen LogP contribution in [0.25, 0.3) is 22.2 Å². The molecule has 19 nitrogen and oxygen atoms in total. The number of nitrogens with two attached hydrogens (primary N) is 2. The number of aromatic amines is 1. The molecule has 10 atom stereocenters. The van der Waals surface area contributed by atoms with E-state index in [0.717, 1.165) is 17.9 Å². The van der Waals surface area contributed by atoms with E-state index in [9.17, 15) is 19.0 Å². The number of halogens is 1. The lowest BCUT2D eigenvalue weighted by Crippen LogP contribution is -2.34. The second-order valence-electron chi connectivity index (χ2n) is 10.0. The molecule has 0 radical (unpaired) electrons. The third-order valence-electron chi connectivity index (χ3n) is 7.22. The molecule has 0 spiro atoms. The van der Waals surface area contributed by atoms with Crippen LogP contribution < -0.4 is 17.0 Å². The second-order valence-corrected chi connectivity index (χ2v) is 16.6. The Bertz CT molecular complexity index is 1950. The summed E-state index contributed by atoms with van der Waals surface area (Å²) in [6.07, 6.45) is -9.68. The number of nitrogens with zero attached hydrogens (tertiary/aromatic N) is 6. The van der Waals surface area contributed by atoms with Gasteiger partial charge in [-0.05, 0) is 11.5 Å². The summed E-state index contributed by atoms with van der Waals surface area (Å²) in [6.45, 7) is -10.1. The van der Waals surface area contributed by atoms with E-state index in [1.165, 1.54) is 10.9 Å². The van der Waals surface area contributed by atoms with Crippen LogP contribution in [0.3, 0.4) is 0 Å². The third kappa shape index (κ3) is 5.68. The zero-order chi connectivity index (χ0) is 31.8. The van der Waals surface area contributed by atoms with Crippen molar-refractivity contribution in [3.63, 3.8) is 0 Å². The van der Waals surface area contributed by atoms with Gasteiger partial charge in [-0.2, -0.15) is 4.37 Å². The van der Waals surface area contributed by atoms with E-state index in [-0.39, 0.29) is 38.8 Å². The van der Waals surface area contributed by atoms with Crippen LogP contribution in [0, 0.1) is 0 Å². The molecule has 4 aromatic heterocycles. The molecular weight excluding hydrogens is 703 g/mol. The van der Waals surface area contributed by atoms with Gasteiger partial charge in [-0.3, -0.25) is 32.4 Å². The Morgan fingerprint density at radius 2 is 1.73 bits per heavy atom. The molecule has 0 amide bonds. The molecule has 0 aliphatic carbocycles. The van der Waals surface area contributed by atoms with Crippen LogP contribution in [0.4, 0.5) is 16.2 Å². The topological polar surface area (TPSA) is 264 Å². The van der Waals surface area contributed by atoms with Crippen molar-refractivity contribution in [3.05, 3.63) is 27.9 Å². The van der Waals surface area contributed by atoms with Gasteiger partial charge in [-0.1, -0.05) is 24.5 Å². The molecule has 7 rings (SSSR count). The number of aromatic nitrogens is 7. The van der Waals surface area contributed by atoms with E-state index >= 15 is 4.39 Å². The average molecular weight is 726 g/mol. The van der Waals surface area contributed by atoms with Gasteiger partial charge >= 0.3 is 13.6 Å². The van der Waals surface area contributed by atoms with Crippen LogP contribution in [0.2, 0.25) is 0 Å². The highest BCUT2D eigenvalue weighted by Crippen LogP contribution is 2.60. The number of hydrogen-bond donors (Lipinski definition) is 6.